The summed E-state index contributed by atoms with van der Waals surface area (Å²) in [4.78, 5) is 25.9. The van der Waals surface area contributed by atoms with Gasteiger partial charge in [-0.3, -0.25) is 14.3 Å². The Morgan fingerprint density at radius 1 is 1.35 bits per heavy atom. The number of hydrogen-bond donors (Lipinski definition) is 1. The Morgan fingerprint density at radius 2 is 2.00 bits per heavy atom. The average Bonchev–Trinajstić information content (AvgIpc) is 2.88. The lowest BCUT2D eigenvalue weighted by Gasteiger charge is -2.36. The van der Waals surface area contributed by atoms with Crippen LogP contribution < -0.4 is 11.2 Å². The molecule has 23 heavy (non-hydrogen) atoms. The van der Waals surface area contributed by atoms with Gasteiger partial charge in [-0.05, 0) is 37.9 Å². The van der Waals surface area contributed by atoms with Gasteiger partial charge in [-0.1, -0.05) is 20.8 Å². The van der Waals surface area contributed by atoms with Crippen LogP contribution in [0.15, 0.2) is 15.8 Å². The van der Waals surface area contributed by atoms with E-state index in [1.807, 2.05) is 0 Å². The molecule has 1 saturated heterocycles. The summed E-state index contributed by atoms with van der Waals surface area (Å²) in [6, 6.07) is 0. The van der Waals surface area contributed by atoms with Gasteiger partial charge in [0.2, 0.25) is 0 Å². The number of H-pyrrole nitrogens is 1. The van der Waals surface area contributed by atoms with Crippen LogP contribution in [-0.2, 0) is 4.43 Å². The van der Waals surface area contributed by atoms with Crippen molar-refractivity contribution in [3.63, 3.8) is 0 Å². The highest BCUT2D eigenvalue weighted by Crippen LogP contribution is 2.42. The quantitative estimate of drug-likeness (QED) is 0.841. The molecule has 0 radical (unpaired) electrons. The van der Waals surface area contributed by atoms with E-state index in [-0.39, 0.29) is 21.7 Å². The third kappa shape index (κ3) is 4.19. The van der Waals surface area contributed by atoms with Crippen LogP contribution in [0.4, 0.5) is 0 Å². The monoisotopic (exact) mass is 356 g/mol. The van der Waals surface area contributed by atoms with Crippen molar-refractivity contribution < 1.29 is 4.43 Å². The summed E-state index contributed by atoms with van der Waals surface area (Å²) < 4.78 is 7.97. The summed E-state index contributed by atoms with van der Waals surface area (Å²) in [6.07, 6.45) is 3.64. The van der Waals surface area contributed by atoms with Crippen molar-refractivity contribution >= 4 is 20.1 Å². The predicted molar refractivity (Wildman–Crippen MR) is 98.9 cm³/mol. The maximum Gasteiger partial charge on any atom is 0.329 e. The zero-order valence-corrected chi connectivity index (χ0v) is 16.8. The molecular formula is C16H28N2O3SSi. The first-order chi connectivity index (χ1) is 10.5. The Bertz CT molecular complexity index is 675. The summed E-state index contributed by atoms with van der Waals surface area (Å²) in [5, 5.41) is 0.710. The molecule has 0 aromatic carbocycles. The summed E-state index contributed by atoms with van der Waals surface area (Å²) >= 11 is 1.78. The topological polar surface area (TPSA) is 64.1 Å². The van der Waals surface area contributed by atoms with Crippen molar-refractivity contribution in [2.24, 2.45) is 0 Å². The lowest BCUT2D eigenvalue weighted by Crippen LogP contribution is -2.42. The van der Waals surface area contributed by atoms with Gasteiger partial charge in [0.15, 0.2) is 8.32 Å². The first kappa shape index (κ1) is 18.5. The van der Waals surface area contributed by atoms with E-state index in [0.29, 0.717) is 10.8 Å². The van der Waals surface area contributed by atoms with Crippen molar-refractivity contribution in [2.75, 3.05) is 6.61 Å². The average molecular weight is 357 g/mol. The normalized spacial score (nSPS) is 22.5. The third-order valence-electron chi connectivity index (χ3n) is 4.98. The number of aryl methyl sites for hydroxylation is 1. The molecule has 1 aliphatic rings. The minimum atomic E-state index is -1.73. The second-order valence-corrected chi connectivity index (χ2v) is 14.1. The van der Waals surface area contributed by atoms with Gasteiger partial charge in [0.1, 0.15) is 0 Å². The molecule has 2 atom stereocenters. The second kappa shape index (κ2) is 6.61. The molecule has 0 spiro atoms. The number of hydrogen-bond acceptors (Lipinski definition) is 4. The molecule has 0 saturated carbocycles. The molecule has 7 heteroatoms. The Kier molecular flexibility index (Phi) is 5.33. The van der Waals surface area contributed by atoms with Crippen molar-refractivity contribution in [1.29, 1.82) is 0 Å². The maximum atomic E-state index is 12.0. The first-order valence-electron chi connectivity index (χ1n) is 8.13. The van der Waals surface area contributed by atoms with Gasteiger partial charge in [0.25, 0.3) is 5.56 Å². The molecule has 1 aromatic rings. The van der Waals surface area contributed by atoms with Crippen LogP contribution in [0.2, 0.25) is 18.1 Å². The number of thioether (sulfide) groups is 1. The Morgan fingerprint density at radius 3 is 2.61 bits per heavy atom. The minimum Gasteiger partial charge on any atom is -0.416 e. The Balaban J connectivity index is 2.01. The standard InChI is InChI=1S/C16H28N2O3SSi/c1-11-9-18(15(20)17-14(11)19)13-8-7-12(22-13)10-21-23(5,6)16(2,3)4/h9,12-13H,7-8,10H2,1-6H3,(H,17,19,20)/t12-,13+/m0/s1. The van der Waals surface area contributed by atoms with E-state index >= 15 is 0 Å². The molecule has 1 aliphatic heterocycles. The highest BCUT2D eigenvalue weighted by atomic mass is 32.2. The molecule has 2 heterocycles. The van der Waals surface area contributed by atoms with Crippen molar-refractivity contribution in [1.82, 2.24) is 9.55 Å². The van der Waals surface area contributed by atoms with Gasteiger partial charge in [0, 0.05) is 23.6 Å². The number of aromatic amines is 1. The second-order valence-electron chi connectivity index (χ2n) is 7.84. The first-order valence-corrected chi connectivity index (χ1v) is 12.0. The van der Waals surface area contributed by atoms with E-state index in [1.54, 1.807) is 29.4 Å². The summed E-state index contributed by atoms with van der Waals surface area (Å²) in [5.74, 6) is 0. The van der Waals surface area contributed by atoms with Gasteiger partial charge in [0.05, 0.1) is 5.37 Å². The van der Waals surface area contributed by atoms with E-state index in [2.05, 4.69) is 38.8 Å². The molecular weight excluding hydrogens is 328 g/mol. The lowest BCUT2D eigenvalue weighted by atomic mass is 10.2. The van der Waals surface area contributed by atoms with Gasteiger partial charge in [-0.15, -0.1) is 11.8 Å². The van der Waals surface area contributed by atoms with Crippen LogP contribution in [0.5, 0.6) is 0 Å². The maximum absolute atomic E-state index is 12.0. The van der Waals surface area contributed by atoms with Crippen molar-refractivity contribution in [3.05, 3.63) is 32.6 Å². The molecule has 0 aliphatic carbocycles. The largest absolute Gasteiger partial charge is 0.416 e. The van der Waals surface area contributed by atoms with Crippen LogP contribution in [0.25, 0.3) is 0 Å². The van der Waals surface area contributed by atoms with Crippen LogP contribution in [0, 0.1) is 6.92 Å². The zero-order chi connectivity index (χ0) is 17.4. The molecule has 130 valence electrons. The molecule has 0 bridgehead atoms. The van der Waals surface area contributed by atoms with Gasteiger partial charge in [-0.2, -0.15) is 0 Å². The molecule has 5 nitrogen and oxygen atoms in total. The van der Waals surface area contributed by atoms with E-state index in [0.717, 1.165) is 19.4 Å². The van der Waals surface area contributed by atoms with Crippen molar-refractivity contribution in [2.45, 2.75) is 69.3 Å². The molecule has 2 rings (SSSR count). The number of rotatable bonds is 4. The number of aromatic nitrogens is 2. The SMILES string of the molecule is Cc1cn([C@H]2CC[C@@H](CO[Si](C)(C)C(C)(C)C)S2)c(=O)[nH]c1=O. The fourth-order valence-electron chi connectivity index (χ4n) is 2.33. The molecule has 0 amide bonds. The summed E-state index contributed by atoms with van der Waals surface area (Å²) in [7, 11) is -1.73. The summed E-state index contributed by atoms with van der Waals surface area (Å²) in [6.45, 7) is 13.7. The summed E-state index contributed by atoms with van der Waals surface area (Å²) in [5.41, 5.74) is -0.0395. The molecule has 1 fully saturated rings. The molecule has 1 aromatic heterocycles. The van der Waals surface area contributed by atoms with E-state index in [9.17, 15) is 9.59 Å². The van der Waals surface area contributed by atoms with E-state index < -0.39 is 8.32 Å². The predicted octanol–water partition coefficient (Wildman–Crippen LogP) is 3.26. The number of nitrogens with one attached hydrogen (secondary N) is 1. The Labute approximate surface area is 143 Å². The van der Waals surface area contributed by atoms with E-state index in [1.165, 1.54) is 0 Å². The van der Waals surface area contributed by atoms with Crippen LogP contribution in [0.1, 0.15) is 44.6 Å². The van der Waals surface area contributed by atoms with Crippen molar-refractivity contribution in [3.8, 4) is 0 Å². The lowest BCUT2D eigenvalue weighted by molar-refractivity contribution is 0.286. The van der Waals surface area contributed by atoms with Gasteiger partial charge < -0.3 is 4.43 Å². The zero-order valence-electron chi connectivity index (χ0n) is 14.9. The minimum absolute atomic E-state index is 0.0889. The Hall–Kier alpha value is -0.793. The molecule has 0 unspecified atom stereocenters. The van der Waals surface area contributed by atoms with Crippen LogP contribution in [0.3, 0.4) is 0 Å². The highest BCUT2D eigenvalue weighted by Gasteiger charge is 2.38. The highest BCUT2D eigenvalue weighted by molar-refractivity contribution is 8.00. The fourth-order valence-corrected chi connectivity index (χ4v) is 4.93. The third-order valence-corrected chi connectivity index (χ3v) is 11.0. The molecule has 1 N–H and O–H groups in total. The van der Waals surface area contributed by atoms with E-state index in [4.69, 9.17) is 4.43 Å². The van der Waals surface area contributed by atoms with Crippen LogP contribution in [-0.4, -0.2) is 29.7 Å². The number of nitrogens with zero attached hydrogens (tertiary/aromatic N) is 1. The smallest absolute Gasteiger partial charge is 0.329 e. The fraction of sp³-hybridized carbons (Fsp3) is 0.750. The van der Waals surface area contributed by atoms with Crippen LogP contribution >= 0.6 is 11.8 Å². The van der Waals surface area contributed by atoms with Gasteiger partial charge in [-0.25, -0.2) is 4.79 Å². The van der Waals surface area contributed by atoms with Gasteiger partial charge >= 0.3 is 5.69 Å².